The highest BCUT2D eigenvalue weighted by molar-refractivity contribution is 6.74. The molecule has 7 nitrogen and oxygen atoms in total. The Balaban J connectivity index is 2.65. The zero-order chi connectivity index (χ0) is 24.0. The van der Waals surface area contributed by atoms with Crippen molar-refractivity contribution in [3.8, 4) is 5.75 Å². The van der Waals surface area contributed by atoms with E-state index >= 15 is 0 Å². The minimum Gasteiger partial charge on any atom is -0.491 e. The highest BCUT2D eigenvalue weighted by Gasteiger charge is 2.37. The number of amides is 1. The summed E-state index contributed by atoms with van der Waals surface area (Å²) in [6.07, 6.45) is -0.499. The topological polar surface area (TPSA) is 85.3 Å². The Labute approximate surface area is 187 Å². The number of carboxylic acids is 1. The molecule has 0 aliphatic carbocycles. The van der Waals surface area contributed by atoms with Crippen LogP contribution in [0.25, 0.3) is 0 Å². The van der Waals surface area contributed by atoms with E-state index in [0.717, 1.165) is 10.5 Å². The summed E-state index contributed by atoms with van der Waals surface area (Å²) in [5.74, 6) is -0.397. The van der Waals surface area contributed by atoms with Crippen LogP contribution in [0.1, 0.15) is 47.1 Å². The Morgan fingerprint density at radius 2 is 1.58 bits per heavy atom. The lowest BCUT2D eigenvalue weighted by molar-refractivity contribution is -0.142. The van der Waals surface area contributed by atoms with Gasteiger partial charge in [0.25, 0.3) is 0 Å². The Morgan fingerprint density at radius 1 is 1.03 bits per heavy atom. The Morgan fingerprint density at radius 3 is 2.03 bits per heavy atom. The van der Waals surface area contributed by atoms with Gasteiger partial charge >= 0.3 is 12.1 Å². The van der Waals surface area contributed by atoms with E-state index < -0.39 is 32.0 Å². The number of carbonyl (C=O) groups is 2. The number of carboxylic acid groups (broad SMARTS) is 1. The Kier molecular flexibility index (Phi) is 9.14. The van der Waals surface area contributed by atoms with Crippen molar-refractivity contribution in [2.75, 3.05) is 20.3 Å². The molecule has 0 bridgehead atoms. The number of likely N-dealkylation sites (N-methyl/N-ethyl adjacent to an activating group) is 1. The van der Waals surface area contributed by atoms with E-state index in [1.54, 1.807) is 32.9 Å². The number of aliphatic carboxylic acids is 1. The molecule has 0 saturated carbocycles. The van der Waals surface area contributed by atoms with Gasteiger partial charge in [0.05, 0.1) is 6.61 Å². The summed E-state index contributed by atoms with van der Waals surface area (Å²) in [5.41, 5.74) is 0.0921. The fourth-order valence-corrected chi connectivity index (χ4v) is 3.50. The molecular formula is C23H39NO6Si. The van der Waals surface area contributed by atoms with Crippen molar-refractivity contribution in [3.63, 3.8) is 0 Å². The number of benzene rings is 1. The van der Waals surface area contributed by atoms with Crippen LogP contribution in [0, 0.1) is 0 Å². The van der Waals surface area contributed by atoms with Crippen LogP contribution >= 0.6 is 0 Å². The fraction of sp³-hybridized carbons (Fsp3) is 0.652. The minimum absolute atomic E-state index is 0.155. The van der Waals surface area contributed by atoms with E-state index in [4.69, 9.17) is 13.9 Å². The predicted molar refractivity (Wildman–Crippen MR) is 124 cm³/mol. The zero-order valence-corrected chi connectivity index (χ0v) is 21.4. The van der Waals surface area contributed by atoms with Crippen LogP contribution in [0.4, 0.5) is 4.79 Å². The largest absolute Gasteiger partial charge is 0.491 e. The second-order valence-corrected chi connectivity index (χ2v) is 15.1. The van der Waals surface area contributed by atoms with Crippen LogP contribution in [0.3, 0.4) is 0 Å². The van der Waals surface area contributed by atoms with Gasteiger partial charge in [-0.2, -0.15) is 0 Å². The number of ether oxygens (including phenoxy) is 2. The van der Waals surface area contributed by atoms with Gasteiger partial charge in [0.2, 0.25) is 0 Å². The van der Waals surface area contributed by atoms with Gasteiger partial charge in [-0.05, 0) is 56.6 Å². The average molecular weight is 454 g/mol. The molecule has 1 aromatic carbocycles. The van der Waals surface area contributed by atoms with E-state index in [2.05, 4.69) is 33.9 Å². The number of hydrogen-bond acceptors (Lipinski definition) is 5. The first kappa shape index (κ1) is 27.0. The number of rotatable bonds is 9. The third kappa shape index (κ3) is 8.91. The lowest BCUT2D eigenvalue weighted by Gasteiger charge is -2.36. The second kappa shape index (κ2) is 10.5. The van der Waals surface area contributed by atoms with E-state index in [1.807, 2.05) is 12.1 Å². The minimum atomic E-state index is -1.79. The average Bonchev–Trinajstić information content (AvgIpc) is 2.61. The maximum Gasteiger partial charge on any atom is 0.410 e. The van der Waals surface area contributed by atoms with Crippen molar-refractivity contribution in [3.05, 3.63) is 29.8 Å². The van der Waals surface area contributed by atoms with Crippen LogP contribution in [0.15, 0.2) is 24.3 Å². The maximum absolute atomic E-state index is 12.2. The van der Waals surface area contributed by atoms with E-state index in [9.17, 15) is 14.7 Å². The molecule has 1 atom stereocenters. The van der Waals surface area contributed by atoms with Gasteiger partial charge in [-0.25, -0.2) is 9.59 Å². The summed E-state index contributed by atoms with van der Waals surface area (Å²) in [4.78, 5) is 25.1. The molecule has 0 aromatic heterocycles. The van der Waals surface area contributed by atoms with Gasteiger partial charge in [0, 0.05) is 13.5 Å². The third-order valence-electron chi connectivity index (χ3n) is 5.41. The summed E-state index contributed by atoms with van der Waals surface area (Å²) in [6.45, 7) is 17.2. The quantitative estimate of drug-likeness (QED) is 0.421. The molecule has 8 heteroatoms. The molecule has 0 spiro atoms. The highest BCUT2D eigenvalue weighted by atomic mass is 28.4. The first-order chi connectivity index (χ1) is 14.0. The SMILES string of the molecule is CN(C(=O)OC(C)(C)C)[C@@H](Cc1ccc(OCCO[Si](C)(C)C(C)(C)C)cc1)C(=O)O. The molecule has 176 valence electrons. The summed E-state index contributed by atoms with van der Waals surface area (Å²) >= 11 is 0. The first-order valence-electron chi connectivity index (χ1n) is 10.6. The van der Waals surface area contributed by atoms with Crippen LogP contribution < -0.4 is 4.74 Å². The Bertz CT molecular complexity index is 734. The van der Waals surface area contributed by atoms with Gasteiger partial charge < -0.3 is 19.0 Å². The van der Waals surface area contributed by atoms with Crippen LogP contribution in [0.5, 0.6) is 5.75 Å². The van der Waals surface area contributed by atoms with Gasteiger partial charge in [0.1, 0.15) is 24.0 Å². The lowest BCUT2D eigenvalue weighted by atomic mass is 10.1. The number of carbonyl (C=O) groups excluding carboxylic acids is 1. The predicted octanol–water partition coefficient (Wildman–Crippen LogP) is 4.95. The maximum atomic E-state index is 12.2. The number of hydrogen-bond donors (Lipinski definition) is 1. The van der Waals surface area contributed by atoms with Crippen LogP contribution in [0.2, 0.25) is 18.1 Å². The van der Waals surface area contributed by atoms with E-state index in [-0.39, 0.29) is 11.5 Å². The first-order valence-corrected chi connectivity index (χ1v) is 13.5. The smallest absolute Gasteiger partial charge is 0.410 e. The molecule has 1 aromatic rings. The van der Waals surface area contributed by atoms with E-state index in [1.165, 1.54) is 7.05 Å². The molecule has 0 radical (unpaired) electrons. The van der Waals surface area contributed by atoms with Crippen molar-refractivity contribution < 1.29 is 28.6 Å². The molecule has 0 heterocycles. The summed E-state index contributed by atoms with van der Waals surface area (Å²) in [5, 5.41) is 9.74. The van der Waals surface area contributed by atoms with Crippen LogP contribution in [-0.2, 0) is 20.4 Å². The van der Waals surface area contributed by atoms with E-state index in [0.29, 0.717) is 19.0 Å². The van der Waals surface area contributed by atoms with Crippen molar-refractivity contribution in [2.45, 2.75) is 77.7 Å². The lowest BCUT2D eigenvalue weighted by Crippen LogP contribution is -2.46. The summed E-state index contributed by atoms with van der Waals surface area (Å²) in [7, 11) is -0.357. The molecule has 1 amide bonds. The molecule has 0 saturated heterocycles. The molecule has 0 fully saturated rings. The zero-order valence-electron chi connectivity index (χ0n) is 20.4. The molecular weight excluding hydrogens is 414 g/mol. The second-order valence-electron chi connectivity index (χ2n) is 10.3. The van der Waals surface area contributed by atoms with Gasteiger partial charge in [0.15, 0.2) is 8.32 Å². The molecule has 0 aliphatic heterocycles. The van der Waals surface area contributed by atoms with Crippen molar-refractivity contribution in [1.29, 1.82) is 0 Å². The number of nitrogens with zero attached hydrogens (tertiary/aromatic N) is 1. The van der Waals surface area contributed by atoms with Gasteiger partial charge in [-0.3, -0.25) is 4.90 Å². The van der Waals surface area contributed by atoms with Gasteiger partial charge in [-0.1, -0.05) is 32.9 Å². The van der Waals surface area contributed by atoms with Crippen molar-refractivity contribution in [1.82, 2.24) is 4.90 Å². The van der Waals surface area contributed by atoms with Crippen molar-refractivity contribution in [2.24, 2.45) is 0 Å². The Hall–Kier alpha value is -2.06. The molecule has 0 aliphatic rings. The summed E-state index contributed by atoms with van der Waals surface area (Å²) < 4.78 is 17.1. The molecule has 1 rings (SSSR count). The third-order valence-corrected chi connectivity index (χ3v) is 9.95. The van der Waals surface area contributed by atoms with Crippen LogP contribution in [-0.4, -0.2) is 62.3 Å². The fourth-order valence-electron chi connectivity index (χ4n) is 2.47. The highest BCUT2D eigenvalue weighted by Crippen LogP contribution is 2.36. The standard InChI is InChI=1S/C23H39NO6Si/c1-22(2,3)30-21(27)24(7)19(20(25)26)16-17-10-12-18(13-11-17)28-14-15-29-31(8,9)23(4,5)6/h10-13,19H,14-16H2,1-9H3,(H,25,26)/t19-/m0/s1. The van der Waals surface area contributed by atoms with Gasteiger partial charge in [-0.15, -0.1) is 0 Å². The molecule has 0 unspecified atom stereocenters. The monoisotopic (exact) mass is 453 g/mol. The van der Waals surface area contributed by atoms with Crippen molar-refractivity contribution >= 4 is 20.4 Å². The molecule has 31 heavy (non-hydrogen) atoms. The summed E-state index contributed by atoms with van der Waals surface area (Å²) in [6, 6.07) is 6.19. The normalized spacial score (nSPS) is 13.5. The molecule has 1 N–H and O–H groups in total.